The second-order valence-corrected chi connectivity index (χ2v) is 4.85. The molecule has 0 spiro atoms. The first-order chi connectivity index (χ1) is 9.66. The summed E-state index contributed by atoms with van der Waals surface area (Å²) in [6, 6.07) is 1.82. The van der Waals surface area contributed by atoms with Gasteiger partial charge >= 0.3 is 12.0 Å². The molecule has 8 nitrogen and oxygen atoms in total. The Morgan fingerprint density at radius 3 is 2.95 bits per heavy atom. The molecule has 9 heteroatoms. The predicted molar refractivity (Wildman–Crippen MR) is 71.3 cm³/mol. The Labute approximate surface area is 118 Å². The molecule has 0 aromatic carbocycles. The lowest BCUT2D eigenvalue weighted by atomic mass is 10.2. The lowest BCUT2D eigenvalue weighted by Crippen LogP contribution is -2.41. The Morgan fingerprint density at radius 2 is 2.35 bits per heavy atom. The van der Waals surface area contributed by atoms with Gasteiger partial charge in [-0.2, -0.15) is 5.10 Å². The largest absolute Gasteiger partial charge is 0.479 e. The number of carbonyl (C=O) groups excluding carboxylic acids is 1. The number of aromatic amines is 1. The number of aliphatic carboxylic acids is 1. The first-order valence-electron chi connectivity index (χ1n) is 5.81. The Balaban J connectivity index is 1.81. The molecule has 106 valence electrons. The van der Waals surface area contributed by atoms with Crippen molar-refractivity contribution in [2.45, 2.75) is 12.5 Å². The molecule has 1 unspecified atom stereocenters. The van der Waals surface area contributed by atoms with E-state index < -0.39 is 18.0 Å². The maximum atomic E-state index is 11.7. The van der Waals surface area contributed by atoms with Crippen LogP contribution in [0.1, 0.15) is 16.7 Å². The minimum Gasteiger partial charge on any atom is -0.479 e. The van der Waals surface area contributed by atoms with Gasteiger partial charge in [0, 0.05) is 17.8 Å². The molecule has 2 rings (SSSR count). The fraction of sp³-hybridized carbons (Fsp3) is 0.273. The van der Waals surface area contributed by atoms with E-state index in [1.165, 1.54) is 17.7 Å². The van der Waals surface area contributed by atoms with Crippen molar-refractivity contribution in [3.8, 4) is 0 Å². The van der Waals surface area contributed by atoms with Crippen molar-refractivity contribution < 1.29 is 14.7 Å². The van der Waals surface area contributed by atoms with E-state index in [1.807, 2.05) is 0 Å². The topological polar surface area (TPSA) is 120 Å². The molecule has 2 aromatic rings. The highest BCUT2D eigenvalue weighted by Gasteiger charge is 2.22. The zero-order valence-corrected chi connectivity index (χ0v) is 11.2. The molecule has 0 aliphatic heterocycles. The molecule has 4 N–H and O–H groups in total. The third kappa shape index (κ3) is 3.79. The molecule has 0 aliphatic rings. The standard InChI is InChI=1S/C11H13N5O3S/c17-10(18)9(7-2-1-5-20-7)15-11(19)12-4-3-8-13-6-14-16-8/h1-2,5-6,9H,3-4H2,(H,17,18)(H2,12,15,19)(H,13,14,16). The van der Waals surface area contributed by atoms with Gasteiger partial charge in [-0.1, -0.05) is 6.07 Å². The normalized spacial score (nSPS) is 11.8. The van der Waals surface area contributed by atoms with Crippen LogP contribution in [0.25, 0.3) is 0 Å². The summed E-state index contributed by atoms with van der Waals surface area (Å²) >= 11 is 1.28. The molecular formula is C11H13N5O3S. The van der Waals surface area contributed by atoms with E-state index in [2.05, 4.69) is 25.8 Å². The minimum atomic E-state index is -1.10. The van der Waals surface area contributed by atoms with Crippen LogP contribution in [0.15, 0.2) is 23.8 Å². The van der Waals surface area contributed by atoms with E-state index >= 15 is 0 Å². The van der Waals surface area contributed by atoms with Gasteiger partial charge in [0.05, 0.1) is 0 Å². The SMILES string of the molecule is O=C(NCCc1ncn[nH]1)NC(C(=O)O)c1cccs1. The van der Waals surface area contributed by atoms with E-state index in [9.17, 15) is 9.59 Å². The van der Waals surface area contributed by atoms with E-state index in [-0.39, 0.29) is 0 Å². The van der Waals surface area contributed by atoms with Crippen LogP contribution in [-0.2, 0) is 11.2 Å². The number of nitrogens with one attached hydrogen (secondary N) is 3. The van der Waals surface area contributed by atoms with Crippen molar-refractivity contribution in [3.05, 3.63) is 34.5 Å². The molecule has 0 fully saturated rings. The van der Waals surface area contributed by atoms with E-state index in [1.54, 1.807) is 17.5 Å². The molecule has 2 aromatic heterocycles. The van der Waals surface area contributed by atoms with Gasteiger partial charge in [0.1, 0.15) is 12.2 Å². The molecule has 0 radical (unpaired) electrons. The van der Waals surface area contributed by atoms with Crippen LogP contribution in [0.2, 0.25) is 0 Å². The maximum absolute atomic E-state index is 11.7. The van der Waals surface area contributed by atoms with Crippen LogP contribution in [0.3, 0.4) is 0 Å². The van der Waals surface area contributed by atoms with E-state index in [4.69, 9.17) is 5.11 Å². The molecule has 1 atom stereocenters. The van der Waals surface area contributed by atoms with Gasteiger partial charge in [-0.25, -0.2) is 14.6 Å². The minimum absolute atomic E-state index is 0.331. The second kappa shape index (κ2) is 6.66. The highest BCUT2D eigenvalue weighted by atomic mass is 32.1. The molecule has 20 heavy (non-hydrogen) atoms. The molecule has 0 saturated carbocycles. The van der Waals surface area contributed by atoms with Gasteiger partial charge in [-0.3, -0.25) is 5.10 Å². The number of hydrogen-bond donors (Lipinski definition) is 4. The molecule has 0 aliphatic carbocycles. The first kappa shape index (κ1) is 14.0. The van der Waals surface area contributed by atoms with Crippen LogP contribution < -0.4 is 10.6 Å². The van der Waals surface area contributed by atoms with E-state index in [0.717, 1.165) is 0 Å². The Hall–Kier alpha value is -2.42. The van der Waals surface area contributed by atoms with Crippen LogP contribution in [0, 0.1) is 0 Å². The van der Waals surface area contributed by atoms with Crippen LogP contribution in [-0.4, -0.2) is 38.8 Å². The van der Waals surface area contributed by atoms with Crippen molar-refractivity contribution >= 4 is 23.3 Å². The fourth-order valence-electron chi connectivity index (χ4n) is 1.54. The van der Waals surface area contributed by atoms with Gasteiger partial charge < -0.3 is 15.7 Å². The van der Waals surface area contributed by atoms with Crippen molar-refractivity contribution in [3.63, 3.8) is 0 Å². The average Bonchev–Trinajstić information content (AvgIpc) is 3.08. The number of carboxylic acids is 1. The Kier molecular flexibility index (Phi) is 4.66. The monoisotopic (exact) mass is 295 g/mol. The number of amides is 2. The predicted octanol–water partition coefficient (Wildman–Crippen LogP) is 0.534. The van der Waals surface area contributed by atoms with Crippen LogP contribution >= 0.6 is 11.3 Å². The number of thiophene rings is 1. The number of urea groups is 1. The smallest absolute Gasteiger partial charge is 0.331 e. The van der Waals surface area contributed by atoms with Gasteiger partial charge in [0.15, 0.2) is 6.04 Å². The van der Waals surface area contributed by atoms with Gasteiger partial charge in [-0.05, 0) is 11.4 Å². The van der Waals surface area contributed by atoms with Gasteiger partial charge in [0.25, 0.3) is 0 Å². The zero-order valence-electron chi connectivity index (χ0n) is 10.4. The van der Waals surface area contributed by atoms with E-state index in [0.29, 0.717) is 23.7 Å². The number of H-pyrrole nitrogens is 1. The summed E-state index contributed by atoms with van der Waals surface area (Å²) in [4.78, 5) is 27.3. The van der Waals surface area contributed by atoms with Crippen molar-refractivity contribution in [1.29, 1.82) is 0 Å². The molecule has 0 saturated heterocycles. The lowest BCUT2D eigenvalue weighted by molar-refractivity contribution is -0.139. The Bertz CT molecular complexity index is 555. The number of rotatable bonds is 6. The van der Waals surface area contributed by atoms with Crippen molar-refractivity contribution in [2.24, 2.45) is 0 Å². The van der Waals surface area contributed by atoms with Crippen LogP contribution in [0.4, 0.5) is 4.79 Å². The lowest BCUT2D eigenvalue weighted by Gasteiger charge is -2.13. The third-order valence-electron chi connectivity index (χ3n) is 2.46. The summed E-state index contributed by atoms with van der Waals surface area (Å²) in [5.41, 5.74) is 0. The third-order valence-corrected chi connectivity index (χ3v) is 3.40. The quantitative estimate of drug-likeness (QED) is 0.619. The van der Waals surface area contributed by atoms with Gasteiger partial charge in [0.2, 0.25) is 0 Å². The van der Waals surface area contributed by atoms with Crippen LogP contribution in [0.5, 0.6) is 0 Å². The summed E-state index contributed by atoms with van der Waals surface area (Å²) < 4.78 is 0. The second-order valence-electron chi connectivity index (χ2n) is 3.87. The molecular weight excluding hydrogens is 282 g/mol. The number of carbonyl (C=O) groups is 2. The first-order valence-corrected chi connectivity index (χ1v) is 6.69. The summed E-state index contributed by atoms with van der Waals surface area (Å²) in [5.74, 6) is -0.448. The molecule has 2 amide bonds. The maximum Gasteiger partial charge on any atom is 0.331 e. The van der Waals surface area contributed by atoms with Crippen molar-refractivity contribution in [1.82, 2.24) is 25.8 Å². The zero-order chi connectivity index (χ0) is 14.4. The summed E-state index contributed by atoms with van der Waals surface area (Å²) in [5, 5.41) is 22.2. The number of hydrogen-bond acceptors (Lipinski definition) is 5. The van der Waals surface area contributed by atoms with Crippen molar-refractivity contribution in [2.75, 3.05) is 6.54 Å². The number of aromatic nitrogens is 3. The average molecular weight is 295 g/mol. The number of carboxylic acid groups (broad SMARTS) is 1. The highest BCUT2D eigenvalue weighted by molar-refractivity contribution is 7.10. The highest BCUT2D eigenvalue weighted by Crippen LogP contribution is 2.18. The number of nitrogens with zero attached hydrogens (tertiary/aromatic N) is 2. The molecule has 0 bridgehead atoms. The molecule has 2 heterocycles. The Morgan fingerprint density at radius 1 is 1.50 bits per heavy atom. The summed E-state index contributed by atoms with van der Waals surface area (Å²) in [7, 11) is 0. The summed E-state index contributed by atoms with van der Waals surface area (Å²) in [6.45, 7) is 0.331. The summed E-state index contributed by atoms with van der Waals surface area (Å²) in [6.07, 6.45) is 1.87. The fourth-order valence-corrected chi connectivity index (χ4v) is 2.31. The van der Waals surface area contributed by atoms with Gasteiger partial charge in [-0.15, -0.1) is 11.3 Å².